The zero-order valence-electron chi connectivity index (χ0n) is 13.3. The molecule has 0 bridgehead atoms. The SMILES string of the molecule is O=C(c1ccccc1)N1CCc2scc(-c3noc(C(F)(F)F)n3)c2C1. The molecule has 0 atom stereocenters. The molecule has 0 aliphatic carbocycles. The van der Waals surface area contributed by atoms with Crippen molar-refractivity contribution < 1.29 is 22.5 Å². The number of fused-ring (bicyclic) bond motifs is 1. The van der Waals surface area contributed by atoms with Crippen LogP contribution in [0.15, 0.2) is 40.2 Å². The van der Waals surface area contributed by atoms with E-state index in [1.165, 1.54) is 11.3 Å². The van der Waals surface area contributed by atoms with Crippen LogP contribution in [0.25, 0.3) is 11.4 Å². The van der Waals surface area contributed by atoms with Crippen molar-refractivity contribution in [3.8, 4) is 11.4 Å². The molecule has 134 valence electrons. The average Bonchev–Trinajstić information content (AvgIpc) is 3.27. The van der Waals surface area contributed by atoms with Gasteiger partial charge < -0.3 is 9.42 Å². The summed E-state index contributed by atoms with van der Waals surface area (Å²) in [5, 5.41) is 5.17. The highest BCUT2D eigenvalue weighted by Gasteiger charge is 2.39. The van der Waals surface area contributed by atoms with E-state index < -0.39 is 12.1 Å². The molecule has 26 heavy (non-hydrogen) atoms. The molecular weight excluding hydrogens is 367 g/mol. The van der Waals surface area contributed by atoms with Crippen LogP contribution in [-0.4, -0.2) is 27.5 Å². The maximum atomic E-state index is 12.7. The topological polar surface area (TPSA) is 59.2 Å². The molecule has 0 radical (unpaired) electrons. The van der Waals surface area contributed by atoms with Gasteiger partial charge in [0, 0.05) is 34.5 Å². The molecule has 0 spiro atoms. The first kappa shape index (κ1) is 16.8. The summed E-state index contributed by atoms with van der Waals surface area (Å²) in [4.78, 5) is 18.8. The molecule has 5 nitrogen and oxygen atoms in total. The summed E-state index contributed by atoms with van der Waals surface area (Å²) in [7, 11) is 0. The Labute approximate surface area is 150 Å². The molecule has 1 aliphatic rings. The lowest BCUT2D eigenvalue weighted by molar-refractivity contribution is -0.159. The van der Waals surface area contributed by atoms with Crippen LogP contribution in [0, 0.1) is 0 Å². The summed E-state index contributed by atoms with van der Waals surface area (Å²) < 4.78 is 42.4. The molecule has 1 aliphatic heterocycles. The van der Waals surface area contributed by atoms with Crippen LogP contribution in [-0.2, 0) is 19.1 Å². The lowest BCUT2D eigenvalue weighted by Gasteiger charge is -2.27. The molecule has 1 aromatic carbocycles. The van der Waals surface area contributed by atoms with E-state index in [4.69, 9.17) is 0 Å². The van der Waals surface area contributed by atoms with Crippen LogP contribution in [0.4, 0.5) is 13.2 Å². The molecule has 3 aromatic rings. The summed E-state index contributed by atoms with van der Waals surface area (Å²) in [6.07, 6.45) is -4.04. The number of alkyl halides is 3. The van der Waals surface area contributed by atoms with Crippen LogP contribution in [0.3, 0.4) is 0 Å². The van der Waals surface area contributed by atoms with Crippen LogP contribution in [0.1, 0.15) is 26.7 Å². The second kappa shape index (κ2) is 6.24. The molecule has 0 N–H and O–H groups in total. The van der Waals surface area contributed by atoms with Gasteiger partial charge in [-0.05, 0) is 24.1 Å². The largest absolute Gasteiger partial charge is 0.471 e. The van der Waals surface area contributed by atoms with Crippen molar-refractivity contribution in [1.29, 1.82) is 0 Å². The predicted molar refractivity (Wildman–Crippen MR) is 87.5 cm³/mol. The minimum absolute atomic E-state index is 0.108. The first-order valence-corrected chi connectivity index (χ1v) is 8.66. The molecule has 9 heteroatoms. The van der Waals surface area contributed by atoms with Crippen LogP contribution < -0.4 is 0 Å². The first-order valence-electron chi connectivity index (χ1n) is 7.78. The Morgan fingerprint density at radius 3 is 2.69 bits per heavy atom. The van der Waals surface area contributed by atoms with Crippen molar-refractivity contribution in [2.45, 2.75) is 19.1 Å². The fourth-order valence-corrected chi connectivity index (χ4v) is 3.92. The minimum atomic E-state index is -4.68. The second-order valence-corrected chi connectivity index (χ2v) is 6.78. The lowest BCUT2D eigenvalue weighted by atomic mass is 10.0. The van der Waals surface area contributed by atoms with Gasteiger partial charge in [-0.1, -0.05) is 23.4 Å². The van der Waals surface area contributed by atoms with E-state index in [1.807, 2.05) is 6.07 Å². The number of hydrogen-bond acceptors (Lipinski definition) is 5. The maximum absolute atomic E-state index is 12.7. The standard InChI is InChI=1S/C17H12F3N3O2S/c18-17(19,20)16-21-14(22-25-16)12-9-26-13-6-7-23(8-11(12)13)15(24)10-4-2-1-3-5-10/h1-5,9H,6-8H2. The molecule has 2 aromatic heterocycles. The van der Waals surface area contributed by atoms with Gasteiger partial charge in [0.25, 0.3) is 5.91 Å². The van der Waals surface area contributed by atoms with Crippen LogP contribution in [0.5, 0.6) is 0 Å². The zero-order chi connectivity index (χ0) is 18.3. The molecule has 4 rings (SSSR count). The van der Waals surface area contributed by atoms with E-state index in [2.05, 4.69) is 14.7 Å². The number of aromatic nitrogens is 2. The summed E-state index contributed by atoms with van der Waals surface area (Å²) in [5.41, 5.74) is 1.83. The Morgan fingerprint density at radius 2 is 2.00 bits per heavy atom. The molecule has 0 saturated heterocycles. The van der Waals surface area contributed by atoms with E-state index in [0.717, 1.165) is 10.4 Å². The number of nitrogens with zero attached hydrogens (tertiary/aromatic N) is 3. The van der Waals surface area contributed by atoms with Crippen molar-refractivity contribution in [2.75, 3.05) is 6.54 Å². The third-order valence-electron chi connectivity index (χ3n) is 4.16. The Hall–Kier alpha value is -2.68. The molecule has 0 saturated carbocycles. The highest BCUT2D eigenvalue weighted by Crippen LogP contribution is 2.36. The predicted octanol–water partition coefficient (Wildman–Crippen LogP) is 4.02. The summed E-state index contributed by atoms with van der Waals surface area (Å²) in [5.74, 6) is -1.60. The Bertz CT molecular complexity index is 950. The third kappa shape index (κ3) is 2.98. The normalized spacial score (nSPS) is 14.3. The smallest absolute Gasteiger partial charge is 0.334 e. The minimum Gasteiger partial charge on any atom is -0.334 e. The van der Waals surface area contributed by atoms with E-state index in [-0.39, 0.29) is 11.7 Å². The Morgan fingerprint density at radius 1 is 1.23 bits per heavy atom. The summed E-state index contributed by atoms with van der Waals surface area (Å²) in [6.45, 7) is 0.860. The number of amides is 1. The number of benzene rings is 1. The van der Waals surface area contributed by atoms with Crippen molar-refractivity contribution in [3.05, 3.63) is 57.6 Å². The van der Waals surface area contributed by atoms with Gasteiger partial charge in [-0.25, -0.2) is 0 Å². The quantitative estimate of drug-likeness (QED) is 0.675. The van der Waals surface area contributed by atoms with E-state index in [1.54, 1.807) is 34.5 Å². The van der Waals surface area contributed by atoms with Crippen molar-refractivity contribution in [2.24, 2.45) is 0 Å². The van der Waals surface area contributed by atoms with E-state index in [0.29, 0.717) is 30.6 Å². The van der Waals surface area contributed by atoms with Gasteiger partial charge in [0.2, 0.25) is 5.82 Å². The number of rotatable bonds is 2. The lowest BCUT2D eigenvalue weighted by Crippen LogP contribution is -2.35. The number of halogens is 3. The van der Waals surface area contributed by atoms with Gasteiger partial charge in [-0.15, -0.1) is 11.3 Å². The Kier molecular flexibility index (Phi) is 4.03. The number of carbonyl (C=O) groups is 1. The van der Waals surface area contributed by atoms with Crippen LogP contribution >= 0.6 is 11.3 Å². The van der Waals surface area contributed by atoms with Gasteiger partial charge in [0.15, 0.2) is 0 Å². The van der Waals surface area contributed by atoms with E-state index >= 15 is 0 Å². The second-order valence-electron chi connectivity index (χ2n) is 5.81. The molecule has 3 heterocycles. The highest BCUT2D eigenvalue weighted by atomic mass is 32.1. The fraction of sp³-hybridized carbons (Fsp3) is 0.235. The number of thiophene rings is 1. The zero-order valence-corrected chi connectivity index (χ0v) is 14.1. The first-order chi connectivity index (χ1) is 12.4. The highest BCUT2D eigenvalue weighted by molar-refractivity contribution is 7.10. The third-order valence-corrected chi connectivity index (χ3v) is 5.24. The van der Waals surface area contributed by atoms with Gasteiger partial charge in [0.1, 0.15) is 0 Å². The Balaban J connectivity index is 1.63. The fourth-order valence-electron chi connectivity index (χ4n) is 2.88. The number of hydrogen-bond donors (Lipinski definition) is 0. The van der Waals surface area contributed by atoms with Crippen molar-refractivity contribution in [1.82, 2.24) is 15.0 Å². The molecule has 1 amide bonds. The molecule has 0 unspecified atom stereocenters. The van der Waals surface area contributed by atoms with Crippen molar-refractivity contribution >= 4 is 17.2 Å². The van der Waals surface area contributed by atoms with Crippen LogP contribution in [0.2, 0.25) is 0 Å². The van der Waals surface area contributed by atoms with Gasteiger partial charge in [0.05, 0.1) is 0 Å². The maximum Gasteiger partial charge on any atom is 0.471 e. The molecule has 0 fully saturated rings. The summed E-state index contributed by atoms with van der Waals surface area (Å²) >= 11 is 1.43. The number of carbonyl (C=O) groups excluding carboxylic acids is 1. The molecular formula is C17H12F3N3O2S. The van der Waals surface area contributed by atoms with Gasteiger partial charge in [-0.3, -0.25) is 4.79 Å². The average molecular weight is 379 g/mol. The van der Waals surface area contributed by atoms with Gasteiger partial charge in [-0.2, -0.15) is 18.2 Å². The monoisotopic (exact) mass is 379 g/mol. The van der Waals surface area contributed by atoms with E-state index in [9.17, 15) is 18.0 Å². The van der Waals surface area contributed by atoms with Crippen molar-refractivity contribution in [3.63, 3.8) is 0 Å². The van der Waals surface area contributed by atoms with Gasteiger partial charge >= 0.3 is 12.1 Å². The summed E-state index contributed by atoms with van der Waals surface area (Å²) in [6, 6.07) is 8.88.